The normalized spacial score (nSPS) is 27.9. The van der Waals surface area contributed by atoms with E-state index in [2.05, 4.69) is 29.2 Å². The molecule has 2 heterocycles. The van der Waals surface area contributed by atoms with E-state index in [9.17, 15) is 0 Å². The molecule has 0 aromatic carbocycles. The molecule has 0 spiro atoms. The maximum absolute atomic E-state index is 8.59. The highest BCUT2D eigenvalue weighted by atomic mass is 16.7. The first-order valence-electron chi connectivity index (χ1n) is 7.92. The maximum atomic E-state index is 8.59. The fraction of sp³-hybridized carbons (Fsp3) is 0.625. The first kappa shape index (κ1) is 16.4. The fourth-order valence-electron chi connectivity index (χ4n) is 2.96. The predicted octanol–water partition coefficient (Wildman–Crippen LogP) is 2.36. The highest BCUT2D eigenvalue weighted by molar-refractivity contribution is 6.00. The topological polar surface area (TPSA) is 86.7 Å². The Labute approximate surface area is 132 Å². The Balaban J connectivity index is 2.22. The second kappa shape index (κ2) is 6.85. The molecule has 122 valence electrons. The summed E-state index contributed by atoms with van der Waals surface area (Å²) in [5.74, 6) is 2.95. The minimum absolute atomic E-state index is 0.447. The van der Waals surface area contributed by atoms with Crippen molar-refractivity contribution in [3.05, 3.63) is 23.2 Å². The minimum Gasteiger partial charge on any atom is -0.402 e. The second-order valence-corrected chi connectivity index (χ2v) is 6.25. The minimum atomic E-state index is 0.447. The predicted molar refractivity (Wildman–Crippen MR) is 89.2 cm³/mol. The van der Waals surface area contributed by atoms with Gasteiger partial charge in [0.05, 0.1) is 5.57 Å². The SMILES string of the molecule is CCC1CN(C(=N)C(/C=C(/C)N)=C2NC(C)=NO2)CCC1C. The Morgan fingerprint density at radius 1 is 1.59 bits per heavy atom. The number of likely N-dealkylation sites (tertiary alicyclic amines) is 1. The van der Waals surface area contributed by atoms with E-state index in [1.807, 2.05) is 13.8 Å². The fourth-order valence-corrected chi connectivity index (χ4v) is 2.96. The van der Waals surface area contributed by atoms with Crippen molar-refractivity contribution < 1.29 is 4.84 Å². The van der Waals surface area contributed by atoms with Gasteiger partial charge in [-0.15, -0.1) is 0 Å². The van der Waals surface area contributed by atoms with E-state index in [1.165, 1.54) is 0 Å². The number of piperidine rings is 1. The zero-order valence-electron chi connectivity index (χ0n) is 13.9. The van der Waals surface area contributed by atoms with Crippen LogP contribution >= 0.6 is 0 Å². The van der Waals surface area contributed by atoms with Crippen LogP contribution in [0.15, 0.2) is 28.4 Å². The molecule has 0 amide bonds. The zero-order valence-corrected chi connectivity index (χ0v) is 13.9. The lowest BCUT2D eigenvalue weighted by molar-refractivity contribution is 0.183. The van der Waals surface area contributed by atoms with E-state index >= 15 is 0 Å². The van der Waals surface area contributed by atoms with Gasteiger partial charge in [-0.25, -0.2) is 0 Å². The van der Waals surface area contributed by atoms with Gasteiger partial charge < -0.3 is 20.8 Å². The standard InChI is InChI=1S/C16H27N5O/c1-5-13-9-21(7-6-10(13)2)15(18)14(8-11(3)17)16-19-12(4)20-22-16/h8,10,13,18H,5-7,9,17H2,1-4H3,(H,19,20)/b11-8-,16-14?,18-15?. The zero-order chi connectivity index (χ0) is 16.3. The number of nitrogens with two attached hydrogens (primary N) is 1. The molecule has 2 unspecified atom stereocenters. The van der Waals surface area contributed by atoms with Crippen molar-refractivity contribution in [2.45, 2.75) is 40.5 Å². The van der Waals surface area contributed by atoms with Gasteiger partial charge in [0.25, 0.3) is 0 Å². The molecule has 2 atom stereocenters. The molecule has 0 aromatic heterocycles. The van der Waals surface area contributed by atoms with Crippen LogP contribution in [0, 0.1) is 17.2 Å². The Kier molecular flexibility index (Phi) is 5.11. The molecule has 0 bridgehead atoms. The lowest BCUT2D eigenvalue weighted by Crippen LogP contribution is -2.43. The van der Waals surface area contributed by atoms with Crippen molar-refractivity contribution in [1.82, 2.24) is 10.2 Å². The summed E-state index contributed by atoms with van der Waals surface area (Å²) in [5.41, 5.74) is 7.13. The van der Waals surface area contributed by atoms with Gasteiger partial charge in [0.2, 0.25) is 5.88 Å². The van der Waals surface area contributed by atoms with Gasteiger partial charge in [-0.1, -0.05) is 25.4 Å². The molecule has 2 aliphatic rings. The summed E-state index contributed by atoms with van der Waals surface area (Å²) in [4.78, 5) is 7.42. The van der Waals surface area contributed by atoms with Crippen molar-refractivity contribution in [3.63, 3.8) is 0 Å². The number of nitrogens with zero attached hydrogens (tertiary/aromatic N) is 2. The third-order valence-corrected chi connectivity index (χ3v) is 4.39. The van der Waals surface area contributed by atoms with Crippen molar-refractivity contribution in [2.75, 3.05) is 13.1 Å². The van der Waals surface area contributed by atoms with Crippen molar-refractivity contribution in [1.29, 1.82) is 5.41 Å². The molecular formula is C16H27N5O. The highest BCUT2D eigenvalue weighted by Gasteiger charge is 2.29. The van der Waals surface area contributed by atoms with Crippen LogP contribution in [-0.2, 0) is 4.84 Å². The molecule has 0 aromatic rings. The van der Waals surface area contributed by atoms with E-state index in [0.717, 1.165) is 25.9 Å². The summed E-state index contributed by atoms with van der Waals surface area (Å²) < 4.78 is 0. The average molecular weight is 305 g/mol. The molecule has 2 rings (SSSR count). The Morgan fingerprint density at radius 3 is 2.86 bits per heavy atom. The van der Waals surface area contributed by atoms with Gasteiger partial charge in [0, 0.05) is 18.8 Å². The molecule has 1 fully saturated rings. The summed E-state index contributed by atoms with van der Waals surface area (Å²) >= 11 is 0. The molecule has 2 aliphatic heterocycles. The number of oxime groups is 1. The van der Waals surface area contributed by atoms with Crippen LogP contribution in [0.4, 0.5) is 0 Å². The van der Waals surface area contributed by atoms with Gasteiger partial charge in [0.15, 0.2) is 0 Å². The van der Waals surface area contributed by atoms with Crippen LogP contribution in [0.5, 0.6) is 0 Å². The molecule has 6 nitrogen and oxygen atoms in total. The number of nitrogens with one attached hydrogen (secondary N) is 2. The monoisotopic (exact) mass is 305 g/mol. The number of hydrogen-bond donors (Lipinski definition) is 3. The summed E-state index contributed by atoms with van der Waals surface area (Å²) in [6, 6.07) is 0. The van der Waals surface area contributed by atoms with E-state index in [1.54, 1.807) is 6.08 Å². The third kappa shape index (κ3) is 3.61. The summed E-state index contributed by atoms with van der Waals surface area (Å²) in [5, 5.41) is 15.5. The largest absolute Gasteiger partial charge is 0.402 e. The van der Waals surface area contributed by atoms with E-state index in [4.69, 9.17) is 16.0 Å². The smallest absolute Gasteiger partial charge is 0.239 e. The number of hydrogen-bond acceptors (Lipinski definition) is 5. The molecule has 1 saturated heterocycles. The van der Waals surface area contributed by atoms with Gasteiger partial charge in [-0.2, -0.15) is 0 Å². The maximum Gasteiger partial charge on any atom is 0.239 e. The van der Waals surface area contributed by atoms with Gasteiger partial charge in [-0.3, -0.25) is 5.41 Å². The van der Waals surface area contributed by atoms with E-state index in [0.29, 0.717) is 40.7 Å². The molecule has 0 saturated carbocycles. The Morgan fingerprint density at radius 2 is 2.32 bits per heavy atom. The molecule has 6 heteroatoms. The van der Waals surface area contributed by atoms with Crippen LogP contribution in [0.3, 0.4) is 0 Å². The Bertz CT molecular complexity index is 531. The average Bonchev–Trinajstić information content (AvgIpc) is 2.90. The van der Waals surface area contributed by atoms with Crippen LogP contribution < -0.4 is 11.1 Å². The summed E-state index contributed by atoms with van der Waals surface area (Å²) in [6.45, 7) is 9.95. The lowest BCUT2D eigenvalue weighted by Gasteiger charge is -2.38. The molecule has 0 aliphatic carbocycles. The molecular weight excluding hydrogens is 278 g/mol. The van der Waals surface area contributed by atoms with Crippen LogP contribution in [0.1, 0.15) is 40.5 Å². The summed E-state index contributed by atoms with van der Waals surface area (Å²) in [7, 11) is 0. The quantitative estimate of drug-likeness (QED) is 0.552. The summed E-state index contributed by atoms with van der Waals surface area (Å²) in [6.07, 6.45) is 4.02. The van der Waals surface area contributed by atoms with Gasteiger partial charge in [-0.05, 0) is 38.2 Å². The Hall–Kier alpha value is -1.98. The highest BCUT2D eigenvalue weighted by Crippen LogP contribution is 2.27. The molecule has 0 radical (unpaired) electrons. The van der Waals surface area contributed by atoms with E-state index < -0.39 is 0 Å². The van der Waals surface area contributed by atoms with Crippen LogP contribution in [0.2, 0.25) is 0 Å². The number of allylic oxidation sites excluding steroid dienone is 1. The van der Waals surface area contributed by atoms with Crippen molar-refractivity contribution >= 4 is 11.7 Å². The van der Waals surface area contributed by atoms with Crippen LogP contribution in [-0.4, -0.2) is 29.7 Å². The first-order chi connectivity index (χ1) is 10.4. The second-order valence-electron chi connectivity index (χ2n) is 6.25. The van der Waals surface area contributed by atoms with Gasteiger partial charge in [0.1, 0.15) is 11.7 Å². The van der Waals surface area contributed by atoms with Gasteiger partial charge >= 0.3 is 0 Å². The lowest BCUT2D eigenvalue weighted by atomic mass is 9.85. The van der Waals surface area contributed by atoms with E-state index in [-0.39, 0.29) is 0 Å². The third-order valence-electron chi connectivity index (χ3n) is 4.39. The molecule has 22 heavy (non-hydrogen) atoms. The van der Waals surface area contributed by atoms with Crippen molar-refractivity contribution in [3.8, 4) is 0 Å². The number of rotatable bonds is 3. The first-order valence-corrected chi connectivity index (χ1v) is 7.92. The van der Waals surface area contributed by atoms with Crippen LogP contribution in [0.25, 0.3) is 0 Å². The van der Waals surface area contributed by atoms with Crippen molar-refractivity contribution in [2.24, 2.45) is 22.7 Å². The number of amidine groups is 2. The molecule has 4 N–H and O–H groups in total.